The van der Waals surface area contributed by atoms with E-state index in [1.54, 1.807) is 24.3 Å². The number of benzene rings is 2. The molecule has 0 saturated carbocycles. The van der Waals surface area contributed by atoms with Gasteiger partial charge in [0.1, 0.15) is 0 Å². The van der Waals surface area contributed by atoms with E-state index in [0.29, 0.717) is 35.1 Å². The Morgan fingerprint density at radius 2 is 1.78 bits per heavy atom. The van der Waals surface area contributed by atoms with Gasteiger partial charge in [-0.15, -0.1) is 11.3 Å². The van der Waals surface area contributed by atoms with Crippen molar-refractivity contribution >= 4 is 39.9 Å². The van der Waals surface area contributed by atoms with Crippen LogP contribution >= 0.6 is 22.9 Å². The number of aryl methyl sites for hydroxylation is 1. The van der Waals surface area contributed by atoms with E-state index in [-0.39, 0.29) is 11.8 Å². The summed E-state index contributed by atoms with van der Waals surface area (Å²) in [6, 6.07) is 16.3. The molecule has 0 radical (unpaired) electrons. The highest BCUT2D eigenvalue weighted by Gasteiger charge is 2.10. The second-order valence-corrected chi connectivity index (χ2v) is 7.16. The number of carbonyl (C=O) groups is 2. The molecule has 0 saturated heterocycles. The smallest absolute Gasteiger partial charge is 0.257 e. The van der Waals surface area contributed by atoms with Gasteiger partial charge >= 0.3 is 0 Å². The highest BCUT2D eigenvalue weighted by Crippen LogP contribution is 2.17. The lowest BCUT2D eigenvalue weighted by molar-refractivity contribution is -0.121. The van der Waals surface area contributed by atoms with Gasteiger partial charge in [-0.25, -0.2) is 4.98 Å². The van der Waals surface area contributed by atoms with E-state index in [1.165, 1.54) is 11.3 Å². The second kappa shape index (κ2) is 9.30. The molecule has 138 valence electrons. The van der Waals surface area contributed by atoms with Gasteiger partial charge in [-0.3, -0.25) is 14.9 Å². The maximum Gasteiger partial charge on any atom is 0.257 e. The molecule has 1 heterocycles. The molecular formula is C20H18ClN3O2S. The minimum Gasteiger partial charge on any atom is -0.352 e. The third-order valence-electron chi connectivity index (χ3n) is 3.82. The van der Waals surface area contributed by atoms with Gasteiger partial charge in [0.15, 0.2) is 5.13 Å². The van der Waals surface area contributed by atoms with Crippen molar-refractivity contribution in [3.05, 3.63) is 81.8 Å². The summed E-state index contributed by atoms with van der Waals surface area (Å²) in [5, 5.41) is 8.70. The average molecular weight is 400 g/mol. The third-order valence-corrected chi connectivity index (χ3v) is 4.88. The molecule has 2 aromatic carbocycles. The zero-order valence-corrected chi connectivity index (χ0v) is 16.0. The fourth-order valence-corrected chi connectivity index (χ4v) is 3.24. The predicted molar refractivity (Wildman–Crippen MR) is 108 cm³/mol. The summed E-state index contributed by atoms with van der Waals surface area (Å²) in [5.74, 6) is -0.245. The van der Waals surface area contributed by atoms with Crippen LogP contribution in [0.1, 0.15) is 28.0 Å². The molecule has 2 amide bonds. The number of nitrogens with zero attached hydrogens (tertiary/aromatic N) is 1. The highest BCUT2D eigenvalue weighted by molar-refractivity contribution is 7.14. The van der Waals surface area contributed by atoms with Crippen molar-refractivity contribution in [2.75, 3.05) is 5.32 Å². The molecule has 0 fully saturated rings. The Bertz CT molecular complexity index is 910. The monoisotopic (exact) mass is 399 g/mol. The first-order chi connectivity index (χ1) is 13.1. The van der Waals surface area contributed by atoms with E-state index < -0.39 is 0 Å². The van der Waals surface area contributed by atoms with Crippen LogP contribution in [0.25, 0.3) is 0 Å². The van der Waals surface area contributed by atoms with E-state index in [4.69, 9.17) is 11.6 Å². The zero-order chi connectivity index (χ0) is 19.1. The molecule has 27 heavy (non-hydrogen) atoms. The first-order valence-corrected chi connectivity index (χ1v) is 9.68. The summed E-state index contributed by atoms with van der Waals surface area (Å²) >= 11 is 7.19. The van der Waals surface area contributed by atoms with E-state index >= 15 is 0 Å². The van der Waals surface area contributed by atoms with Crippen molar-refractivity contribution in [1.29, 1.82) is 0 Å². The van der Waals surface area contributed by atoms with Crippen LogP contribution in [0.2, 0.25) is 5.02 Å². The predicted octanol–water partition coefficient (Wildman–Crippen LogP) is 4.30. The van der Waals surface area contributed by atoms with Crippen LogP contribution in [0.15, 0.2) is 60.0 Å². The van der Waals surface area contributed by atoms with Crippen molar-refractivity contribution in [3.63, 3.8) is 0 Å². The number of hydrogen-bond donors (Lipinski definition) is 2. The zero-order valence-electron chi connectivity index (χ0n) is 14.4. The van der Waals surface area contributed by atoms with Gasteiger partial charge in [-0.05, 0) is 36.2 Å². The lowest BCUT2D eigenvalue weighted by Gasteiger charge is -2.05. The Morgan fingerprint density at radius 3 is 2.52 bits per heavy atom. The molecule has 0 unspecified atom stereocenters. The van der Waals surface area contributed by atoms with Gasteiger partial charge in [0.2, 0.25) is 5.91 Å². The highest BCUT2D eigenvalue weighted by atomic mass is 35.5. The van der Waals surface area contributed by atoms with Gasteiger partial charge in [0, 0.05) is 28.9 Å². The molecule has 3 rings (SSSR count). The minimum absolute atomic E-state index is 0.0483. The molecule has 0 spiro atoms. The Morgan fingerprint density at radius 1 is 1.04 bits per heavy atom. The molecule has 3 aromatic rings. The molecular weight excluding hydrogens is 382 g/mol. The Hall–Kier alpha value is -2.70. The number of rotatable bonds is 7. The number of thiazole rings is 1. The van der Waals surface area contributed by atoms with Crippen LogP contribution in [-0.2, 0) is 17.8 Å². The maximum absolute atomic E-state index is 12.1. The maximum atomic E-state index is 12.1. The van der Waals surface area contributed by atoms with Gasteiger partial charge < -0.3 is 5.32 Å². The van der Waals surface area contributed by atoms with Crippen molar-refractivity contribution in [2.24, 2.45) is 0 Å². The van der Waals surface area contributed by atoms with E-state index in [0.717, 1.165) is 11.3 Å². The molecule has 0 aliphatic heterocycles. The van der Waals surface area contributed by atoms with Crippen LogP contribution < -0.4 is 10.6 Å². The summed E-state index contributed by atoms with van der Waals surface area (Å²) in [7, 11) is 0. The number of halogens is 1. The topological polar surface area (TPSA) is 71.1 Å². The molecule has 2 N–H and O–H groups in total. The summed E-state index contributed by atoms with van der Waals surface area (Å²) in [6.07, 6.45) is 0.855. The second-order valence-electron chi connectivity index (χ2n) is 5.87. The normalized spacial score (nSPS) is 10.4. The van der Waals surface area contributed by atoms with Crippen LogP contribution in [0, 0.1) is 0 Å². The van der Waals surface area contributed by atoms with E-state index in [9.17, 15) is 9.59 Å². The largest absolute Gasteiger partial charge is 0.352 e. The standard InChI is InChI=1S/C20H18ClN3O2S/c21-16-8-6-14(7-9-16)12-22-18(25)11-10-17-13-27-20(23-17)24-19(26)15-4-2-1-3-5-15/h1-9,13H,10-12H2,(H,22,25)(H,23,24,26). The molecule has 5 nitrogen and oxygen atoms in total. The number of carbonyl (C=O) groups excluding carboxylic acids is 2. The van der Waals surface area contributed by atoms with Crippen molar-refractivity contribution in [2.45, 2.75) is 19.4 Å². The van der Waals surface area contributed by atoms with Crippen LogP contribution in [-0.4, -0.2) is 16.8 Å². The fraction of sp³-hybridized carbons (Fsp3) is 0.150. The fourth-order valence-electron chi connectivity index (χ4n) is 2.37. The number of aromatic nitrogens is 1. The SMILES string of the molecule is O=C(CCc1csc(NC(=O)c2ccccc2)n1)NCc1ccc(Cl)cc1. The number of anilines is 1. The van der Waals surface area contributed by atoms with E-state index in [2.05, 4.69) is 15.6 Å². The van der Waals surface area contributed by atoms with Gasteiger partial charge in [0.25, 0.3) is 5.91 Å². The molecule has 0 bridgehead atoms. The molecule has 7 heteroatoms. The molecule has 0 aliphatic rings. The summed E-state index contributed by atoms with van der Waals surface area (Å²) in [6.45, 7) is 0.464. The lowest BCUT2D eigenvalue weighted by atomic mass is 10.2. The molecule has 0 aliphatic carbocycles. The Kier molecular flexibility index (Phi) is 6.57. The first kappa shape index (κ1) is 19.1. The van der Waals surface area contributed by atoms with E-state index in [1.807, 2.05) is 35.7 Å². The van der Waals surface area contributed by atoms with Crippen LogP contribution in [0.4, 0.5) is 5.13 Å². The summed E-state index contributed by atoms with van der Waals surface area (Å²) in [4.78, 5) is 28.5. The third kappa shape index (κ3) is 5.91. The number of hydrogen-bond acceptors (Lipinski definition) is 4. The van der Waals surface area contributed by atoms with Gasteiger partial charge in [-0.1, -0.05) is 41.9 Å². The van der Waals surface area contributed by atoms with Crippen LogP contribution in [0.5, 0.6) is 0 Å². The van der Waals surface area contributed by atoms with Crippen molar-refractivity contribution in [3.8, 4) is 0 Å². The van der Waals surface area contributed by atoms with Gasteiger partial charge in [0.05, 0.1) is 5.69 Å². The van der Waals surface area contributed by atoms with Crippen molar-refractivity contribution < 1.29 is 9.59 Å². The average Bonchev–Trinajstić information content (AvgIpc) is 3.14. The molecule has 0 atom stereocenters. The Balaban J connectivity index is 1.44. The van der Waals surface area contributed by atoms with Gasteiger partial charge in [-0.2, -0.15) is 0 Å². The van der Waals surface area contributed by atoms with Crippen molar-refractivity contribution in [1.82, 2.24) is 10.3 Å². The lowest BCUT2D eigenvalue weighted by Crippen LogP contribution is -2.23. The number of nitrogens with one attached hydrogen (secondary N) is 2. The first-order valence-electron chi connectivity index (χ1n) is 8.42. The van der Waals surface area contributed by atoms with Crippen LogP contribution in [0.3, 0.4) is 0 Å². The summed E-state index contributed by atoms with van der Waals surface area (Å²) in [5.41, 5.74) is 2.35. The molecule has 1 aromatic heterocycles. The number of amides is 2. The quantitative estimate of drug-likeness (QED) is 0.622. The summed E-state index contributed by atoms with van der Waals surface area (Å²) < 4.78 is 0. The minimum atomic E-state index is -0.197. The Labute approximate surface area is 166 Å².